The van der Waals surface area contributed by atoms with Crippen molar-refractivity contribution in [2.45, 2.75) is 22.7 Å². The van der Waals surface area contributed by atoms with Gasteiger partial charge >= 0.3 is 4.87 Å². The van der Waals surface area contributed by atoms with E-state index in [2.05, 4.69) is 5.32 Å². The van der Waals surface area contributed by atoms with E-state index in [1.165, 1.54) is 32.6 Å². The quantitative estimate of drug-likeness (QED) is 0.252. The summed E-state index contributed by atoms with van der Waals surface area (Å²) in [6, 6.07) is 24.2. The minimum absolute atomic E-state index is 0.205. The number of anilines is 2. The van der Waals surface area contributed by atoms with Gasteiger partial charge in [-0.1, -0.05) is 59.5 Å². The second-order valence-electron chi connectivity index (χ2n) is 10.0. The summed E-state index contributed by atoms with van der Waals surface area (Å²) >= 11 is 3.73. The molecule has 2 aromatic heterocycles. The van der Waals surface area contributed by atoms with E-state index < -0.39 is 17.1 Å². The Labute approximate surface area is 252 Å². The highest BCUT2D eigenvalue weighted by atomic mass is 32.2. The van der Waals surface area contributed by atoms with Crippen LogP contribution in [0, 0.1) is 5.92 Å². The largest absolute Gasteiger partial charge is 0.497 e. The van der Waals surface area contributed by atoms with Crippen LogP contribution in [0.5, 0.6) is 5.75 Å². The van der Waals surface area contributed by atoms with Crippen LogP contribution in [0.2, 0.25) is 0 Å². The Kier molecular flexibility index (Phi) is 6.72. The number of carbonyl (C=O) groups is 3. The summed E-state index contributed by atoms with van der Waals surface area (Å²) in [7, 11) is 1.55. The van der Waals surface area contributed by atoms with E-state index in [9.17, 15) is 19.2 Å². The van der Waals surface area contributed by atoms with Gasteiger partial charge in [0.1, 0.15) is 17.5 Å². The minimum atomic E-state index is -0.733. The molecule has 0 saturated carbocycles. The lowest BCUT2D eigenvalue weighted by atomic mass is 9.87. The van der Waals surface area contributed by atoms with E-state index in [1.54, 1.807) is 31.4 Å². The first kappa shape index (κ1) is 26.7. The van der Waals surface area contributed by atoms with Crippen molar-refractivity contribution < 1.29 is 19.1 Å². The van der Waals surface area contributed by atoms with E-state index in [-0.39, 0.29) is 29.1 Å². The highest BCUT2D eigenvalue weighted by Gasteiger charge is 2.57. The van der Waals surface area contributed by atoms with Crippen molar-refractivity contribution in [3.63, 3.8) is 0 Å². The SMILES string of the molecule is COc1ccc(N2C(=O)C3Sc4c(sc(=O)n4CC(=O)Nc4ccc5ccccc5c4)C(c4cccs4)C3C2=O)cc1. The van der Waals surface area contributed by atoms with Gasteiger partial charge in [-0.25, -0.2) is 4.90 Å². The Morgan fingerprint density at radius 1 is 0.929 bits per heavy atom. The number of thiophene rings is 1. The van der Waals surface area contributed by atoms with Gasteiger partial charge in [-0.3, -0.25) is 23.7 Å². The Morgan fingerprint density at radius 2 is 1.71 bits per heavy atom. The maximum atomic E-state index is 13.9. The second kappa shape index (κ2) is 10.6. The van der Waals surface area contributed by atoms with Crippen molar-refractivity contribution in [1.29, 1.82) is 0 Å². The number of imide groups is 1. The van der Waals surface area contributed by atoms with Crippen molar-refractivity contribution >= 4 is 74.3 Å². The van der Waals surface area contributed by atoms with Gasteiger partial charge in [0.2, 0.25) is 17.7 Å². The van der Waals surface area contributed by atoms with Crippen molar-refractivity contribution in [3.8, 4) is 5.75 Å². The van der Waals surface area contributed by atoms with Crippen molar-refractivity contribution in [1.82, 2.24) is 4.57 Å². The van der Waals surface area contributed by atoms with E-state index in [0.717, 1.165) is 27.0 Å². The number of nitrogens with zero attached hydrogens (tertiary/aromatic N) is 2. The predicted molar refractivity (Wildman–Crippen MR) is 166 cm³/mol. The van der Waals surface area contributed by atoms with Gasteiger partial charge in [-0.2, -0.15) is 0 Å². The van der Waals surface area contributed by atoms with Crippen molar-refractivity contribution in [3.05, 3.63) is 104 Å². The molecule has 4 heterocycles. The summed E-state index contributed by atoms with van der Waals surface area (Å²) < 4.78 is 6.67. The molecule has 0 bridgehead atoms. The van der Waals surface area contributed by atoms with Crippen LogP contribution in [0.4, 0.5) is 11.4 Å². The summed E-state index contributed by atoms with van der Waals surface area (Å²) in [4.78, 5) is 56.8. The fourth-order valence-electron chi connectivity index (χ4n) is 5.63. The standard InChI is InChI=1S/C31H23N3O5S3/c1-39-21-12-10-20(11-13-21)34-28(36)25-24(22-7-4-14-40-22)27-30(41-26(25)29(34)37)33(31(38)42-27)16-23(35)32-19-9-8-17-5-2-3-6-18(17)15-19/h2-15,24-26H,16H2,1H3,(H,32,35). The summed E-state index contributed by atoms with van der Waals surface area (Å²) in [6.45, 7) is -0.205. The first-order valence-corrected chi connectivity index (χ1v) is 15.7. The number of methoxy groups -OCH3 is 1. The topological polar surface area (TPSA) is 97.7 Å². The van der Waals surface area contributed by atoms with Crippen LogP contribution in [0.15, 0.2) is 94.1 Å². The Balaban J connectivity index is 1.23. The zero-order valence-electron chi connectivity index (χ0n) is 22.2. The number of benzene rings is 3. The Bertz CT molecular complexity index is 1910. The maximum absolute atomic E-state index is 13.9. The molecule has 1 N–H and O–H groups in total. The lowest BCUT2D eigenvalue weighted by molar-refractivity contribution is -0.122. The molecule has 2 aliphatic rings. The molecule has 210 valence electrons. The van der Waals surface area contributed by atoms with Gasteiger partial charge < -0.3 is 10.1 Å². The number of nitrogens with one attached hydrogen (secondary N) is 1. The number of hydrogen-bond acceptors (Lipinski definition) is 8. The first-order valence-electron chi connectivity index (χ1n) is 13.2. The molecule has 11 heteroatoms. The van der Waals surface area contributed by atoms with E-state index in [1.807, 2.05) is 60.0 Å². The number of carbonyl (C=O) groups excluding carboxylic acids is 3. The number of hydrogen-bond donors (Lipinski definition) is 1. The van der Waals surface area contributed by atoms with Gasteiger partial charge in [0.05, 0.1) is 23.7 Å². The van der Waals surface area contributed by atoms with Gasteiger partial charge in [-0.15, -0.1) is 11.3 Å². The van der Waals surface area contributed by atoms with Gasteiger partial charge in [-0.05, 0) is 58.6 Å². The third-order valence-corrected chi connectivity index (χ3v) is 11.1. The number of thiazole rings is 1. The van der Waals surface area contributed by atoms with Crippen molar-refractivity contribution in [2.24, 2.45) is 5.92 Å². The third kappa shape index (κ3) is 4.44. The molecular weight excluding hydrogens is 591 g/mol. The van der Waals surface area contributed by atoms with Crippen LogP contribution in [-0.2, 0) is 20.9 Å². The molecule has 3 aromatic carbocycles. The monoisotopic (exact) mass is 613 g/mol. The molecule has 7 rings (SSSR count). The highest BCUT2D eigenvalue weighted by Crippen LogP contribution is 2.54. The zero-order chi connectivity index (χ0) is 29.0. The van der Waals surface area contributed by atoms with Gasteiger partial charge in [0.15, 0.2) is 0 Å². The average Bonchev–Trinajstić information content (AvgIpc) is 3.70. The number of fused-ring (bicyclic) bond motifs is 3. The van der Waals surface area contributed by atoms with Crippen LogP contribution in [0.3, 0.4) is 0 Å². The van der Waals surface area contributed by atoms with Crippen LogP contribution >= 0.6 is 34.4 Å². The summed E-state index contributed by atoms with van der Waals surface area (Å²) in [5.74, 6) is -1.50. The van der Waals surface area contributed by atoms with E-state index in [4.69, 9.17) is 4.74 Å². The fraction of sp³-hybridized carbons (Fsp3) is 0.161. The minimum Gasteiger partial charge on any atom is -0.497 e. The molecule has 5 aromatic rings. The maximum Gasteiger partial charge on any atom is 0.308 e. The van der Waals surface area contributed by atoms with Crippen LogP contribution < -0.4 is 19.8 Å². The molecule has 8 nitrogen and oxygen atoms in total. The number of rotatable bonds is 6. The molecule has 3 unspecified atom stereocenters. The smallest absolute Gasteiger partial charge is 0.308 e. The molecule has 42 heavy (non-hydrogen) atoms. The normalized spacial score (nSPS) is 19.5. The van der Waals surface area contributed by atoms with E-state index >= 15 is 0 Å². The number of ether oxygens (including phenoxy) is 1. The average molecular weight is 614 g/mol. The number of amides is 3. The summed E-state index contributed by atoms with van der Waals surface area (Å²) in [6.07, 6.45) is 0. The molecule has 0 radical (unpaired) electrons. The highest BCUT2D eigenvalue weighted by molar-refractivity contribution is 8.00. The molecule has 1 saturated heterocycles. The summed E-state index contributed by atoms with van der Waals surface area (Å²) in [5, 5.41) is 6.71. The second-order valence-corrected chi connectivity index (χ2v) is 13.1. The van der Waals surface area contributed by atoms with Crippen LogP contribution in [-0.4, -0.2) is 34.6 Å². The van der Waals surface area contributed by atoms with Gasteiger partial charge in [0.25, 0.3) is 0 Å². The molecule has 3 atom stereocenters. The van der Waals surface area contributed by atoms with E-state index in [0.29, 0.717) is 27.0 Å². The molecule has 1 fully saturated rings. The zero-order valence-corrected chi connectivity index (χ0v) is 24.6. The van der Waals surface area contributed by atoms with Crippen LogP contribution in [0.1, 0.15) is 15.7 Å². The van der Waals surface area contributed by atoms with Gasteiger partial charge in [0, 0.05) is 21.4 Å². The molecule has 0 aliphatic carbocycles. The van der Waals surface area contributed by atoms with Crippen molar-refractivity contribution in [2.75, 3.05) is 17.3 Å². The number of aromatic nitrogens is 1. The third-order valence-electron chi connectivity index (χ3n) is 7.56. The molecule has 2 aliphatic heterocycles. The Morgan fingerprint density at radius 3 is 2.45 bits per heavy atom. The Hall–Kier alpha value is -4.19. The molecule has 3 amide bonds. The lowest BCUT2D eigenvalue weighted by Gasteiger charge is -2.29. The lowest BCUT2D eigenvalue weighted by Crippen LogP contribution is -2.32. The predicted octanol–water partition coefficient (Wildman–Crippen LogP) is 5.57. The molecule has 0 spiro atoms. The summed E-state index contributed by atoms with van der Waals surface area (Å²) in [5.41, 5.74) is 1.10. The van der Waals surface area contributed by atoms with Crippen LogP contribution in [0.25, 0.3) is 10.8 Å². The first-order chi connectivity index (χ1) is 20.4. The molecular formula is C31H23N3O5S3. The number of thioether (sulfide) groups is 1. The fourth-order valence-corrected chi connectivity index (χ4v) is 9.35.